The summed E-state index contributed by atoms with van der Waals surface area (Å²) in [4.78, 5) is 14.4. The lowest BCUT2D eigenvalue weighted by Gasteiger charge is -2.32. The Hall–Kier alpha value is -1.14. The molecule has 1 aliphatic rings. The summed E-state index contributed by atoms with van der Waals surface area (Å²) in [5, 5.41) is 0. The molecule has 1 fully saturated rings. The lowest BCUT2D eigenvalue weighted by atomic mass is 10.1. The number of piperidine rings is 1. The predicted molar refractivity (Wildman–Crippen MR) is 93.0 cm³/mol. The van der Waals surface area contributed by atoms with Gasteiger partial charge in [-0.25, -0.2) is 0 Å². The van der Waals surface area contributed by atoms with Crippen molar-refractivity contribution in [1.29, 1.82) is 0 Å². The number of nitrogens with zero attached hydrogens (tertiary/aromatic N) is 1. The first-order valence-corrected chi connectivity index (χ1v) is 7.93. The van der Waals surface area contributed by atoms with Crippen molar-refractivity contribution in [3.05, 3.63) is 35.4 Å². The van der Waals surface area contributed by atoms with Crippen molar-refractivity contribution in [1.82, 2.24) is 4.90 Å². The SMILES string of the molecule is COCCCOC1CCN(C(=O)c2ccc(CN)cc2)CC1.Cl. The largest absolute Gasteiger partial charge is 0.385 e. The number of rotatable bonds is 7. The quantitative estimate of drug-likeness (QED) is 0.772. The summed E-state index contributed by atoms with van der Waals surface area (Å²) in [5.74, 6) is 0.0985. The number of halogens is 1. The summed E-state index contributed by atoms with van der Waals surface area (Å²) in [6.45, 7) is 3.47. The Balaban J connectivity index is 0.00000264. The molecule has 1 heterocycles. The van der Waals surface area contributed by atoms with Crippen molar-refractivity contribution in [3.63, 3.8) is 0 Å². The van der Waals surface area contributed by atoms with E-state index < -0.39 is 0 Å². The van der Waals surface area contributed by atoms with Gasteiger partial charge >= 0.3 is 0 Å². The lowest BCUT2D eigenvalue weighted by Crippen LogP contribution is -2.41. The second-order valence-electron chi connectivity index (χ2n) is 5.61. The van der Waals surface area contributed by atoms with Crippen molar-refractivity contribution in [2.24, 2.45) is 5.73 Å². The van der Waals surface area contributed by atoms with Crippen LogP contribution in [0.2, 0.25) is 0 Å². The number of ether oxygens (including phenoxy) is 2. The van der Waals surface area contributed by atoms with E-state index in [1.807, 2.05) is 29.2 Å². The maximum atomic E-state index is 12.4. The third-order valence-electron chi connectivity index (χ3n) is 4.01. The molecule has 130 valence electrons. The molecule has 0 atom stereocenters. The van der Waals surface area contributed by atoms with Gasteiger partial charge in [0.1, 0.15) is 0 Å². The number of carbonyl (C=O) groups is 1. The van der Waals surface area contributed by atoms with Crippen molar-refractivity contribution < 1.29 is 14.3 Å². The smallest absolute Gasteiger partial charge is 0.253 e. The first kappa shape index (κ1) is 19.9. The topological polar surface area (TPSA) is 64.8 Å². The van der Waals surface area contributed by atoms with E-state index in [0.717, 1.165) is 56.7 Å². The van der Waals surface area contributed by atoms with E-state index in [-0.39, 0.29) is 24.4 Å². The highest BCUT2D eigenvalue weighted by atomic mass is 35.5. The van der Waals surface area contributed by atoms with Gasteiger partial charge in [0, 0.05) is 45.5 Å². The molecule has 1 saturated heterocycles. The van der Waals surface area contributed by atoms with Crippen LogP contribution in [0, 0.1) is 0 Å². The number of methoxy groups -OCH3 is 1. The third kappa shape index (κ3) is 6.11. The predicted octanol–water partition coefficient (Wildman–Crippen LogP) is 2.22. The molecule has 5 nitrogen and oxygen atoms in total. The second kappa shape index (κ2) is 10.6. The number of carbonyl (C=O) groups excluding carboxylic acids is 1. The fourth-order valence-electron chi connectivity index (χ4n) is 2.64. The Morgan fingerprint density at radius 2 is 1.87 bits per heavy atom. The van der Waals surface area contributed by atoms with E-state index in [1.165, 1.54) is 0 Å². The monoisotopic (exact) mass is 342 g/mol. The van der Waals surface area contributed by atoms with Gasteiger partial charge in [0.2, 0.25) is 0 Å². The van der Waals surface area contributed by atoms with Gasteiger partial charge in [-0.1, -0.05) is 12.1 Å². The molecule has 0 unspecified atom stereocenters. The fraction of sp³-hybridized carbons (Fsp3) is 0.588. The Morgan fingerprint density at radius 3 is 2.43 bits per heavy atom. The van der Waals surface area contributed by atoms with Gasteiger partial charge in [0.15, 0.2) is 0 Å². The van der Waals surface area contributed by atoms with E-state index in [1.54, 1.807) is 7.11 Å². The number of benzene rings is 1. The minimum Gasteiger partial charge on any atom is -0.385 e. The molecule has 2 N–H and O–H groups in total. The second-order valence-corrected chi connectivity index (χ2v) is 5.61. The molecule has 0 aromatic heterocycles. The van der Waals surface area contributed by atoms with Crippen LogP contribution in [0.1, 0.15) is 35.2 Å². The highest BCUT2D eigenvalue weighted by Gasteiger charge is 2.23. The molecule has 1 amide bonds. The first-order chi connectivity index (χ1) is 10.7. The minimum absolute atomic E-state index is 0. The van der Waals surface area contributed by atoms with E-state index in [4.69, 9.17) is 15.2 Å². The van der Waals surface area contributed by atoms with E-state index in [9.17, 15) is 4.79 Å². The van der Waals surface area contributed by atoms with Crippen molar-refractivity contribution in [2.45, 2.75) is 31.9 Å². The Bertz CT molecular complexity index is 459. The number of nitrogens with two attached hydrogens (primary N) is 1. The third-order valence-corrected chi connectivity index (χ3v) is 4.01. The molecule has 1 aromatic rings. The molecule has 6 heteroatoms. The Morgan fingerprint density at radius 1 is 1.22 bits per heavy atom. The van der Waals surface area contributed by atoms with Crippen LogP contribution in [0.4, 0.5) is 0 Å². The van der Waals surface area contributed by atoms with E-state index >= 15 is 0 Å². The number of hydrogen-bond acceptors (Lipinski definition) is 4. The van der Waals surface area contributed by atoms with Crippen LogP contribution >= 0.6 is 12.4 Å². The van der Waals surface area contributed by atoms with Gasteiger partial charge in [0.05, 0.1) is 6.10 Å². The number of likely N-dealkylation sites (tertiary alicyclic amines) is 1. The molecule has 0 aliphatic carbocycles. The Kier molecular flexibility index (Phi) is 9.17. The summed E-state index contributed by atoms with van der Waals surface area (Å²) >= 11 is 0. The van der Waals surface area contributed by atoms with Crippen molar-refractivity contribution in [2.75, 3.05) is 33.4 Å². The molecular formula is C17H27ClN2O3. The number of amides is 1. The number of hydrogen-bond donors (Lipinski definition) is 1. The van der Waals surface area contributed by atoms with Crippen LogP contribution in [-0.4, -0.2) is 50.3 Å². The average Bonchev–Trinajstić information content (AvgIpc) is 2.59. The molecule has 0 radical (unpaired) electrons. The highest BCUT2D eigenvalue weighted by Crippen LogP contribution is 2.17. The normalized spacial score (nSPS) is 15.3. The van der Waals surface area contributed by atoms with Gasteiger partial charge in [-0.05, 0) is 37.0 Å². The summed E-state index contributed by atoms with van der Waals surface area (Å²) in [6.07, 6.45) is 2.99. The van der Waals surface area contributed by atoms with Gasteiger partial charge in [-0.15, -0.1) is 12.4 Å². The molecule has 1 aromatic carbocycles. The molecule has 0 bridgehead atoms. The summed E-state index contributed by atoms with van der Waals surface area (Å²) < 4.78 is 10.8. The van der Waals surface area contributed by atoms with Crippen molar-refractivity contribution in [3.8, 4) is 0 Å². The van der Waals surface area contributed by atoms with Gasteiger partial charge in [-0.3, -0.25) is 4.79 Å². The van der Waals surface area contributed by atoms with E-state index in [2.05, 4.69) is 0 Å². The van der Waals surface area contributed by atoms with Gasteiger partial charge in [0.25, 0.3) is 5.91 Å². The zero-order valence-electron chi connectivity index (χ0n) is 13.7. The van der Waals surface area contributed by atoms with Gasteiger partial charge in [-0.2, -0.15) is 0 Å². The molecular weight excluding hydrogens is 316 g/mol. The van der Waals surface area contributed by atoms with Crippen LogP contribution in [0.5, 0.6) is 0 Å². The summed E-state index contributed by atoms with van der Waals surface area (Å²) in [6, 6.07) is 7.55. The minimum atomic E-state index is 0. The van der Waals surface area contributed by atoms with Crippen LogP contribution in [0.3, 0.4) is 0 Å². The molecule has 1 aliphatic heterocycles. The van der Waals surface area contributed by atoms with Crippen LogP contribution in [0.15, 0.2) is 24.3 Å². The molecule has 0 saturated carbocycles. The lowest BCUT2D eigenvalue weighted by molar-refractivity contribution is 0.00189. The Labute approximate surface area is 144 Å². The average molecular weight is 343 g/mol. The highest BCUT2D eigenvalue weighted by molar-refractivity contribution is 5.94. The zero-order chi connectivity index (χ0) is 15.8. The molecule has 23 heavy (non-hydrogen) atoms. The zero-order valence-corrected chi connectivity index (χ0v) is 14.5. The molecule has 2 rings (SSSR count). The summed E-state index contributed by atoms with van der Waals surface area (Å²) in [5.41, 5.74) is 7.35. The van der Waals surface area contributed by atoms with Crippen LogP contribution in [0.25, 0.3) is 0 Å². The van der Waals surface area contributed by atoms with Crippen LogP contribution in [-0.2, 0) is 16.0 Å². The van der Waals surface area contributed by atoms with Crippen molar-refractivity contribution >= 4 is 18.3 Å². The maximum Gasteiger partial charge on any atom is 0.253 e. The van der Waals surface area contributed by atoms with Gasteiger partial charge < -0.3 is 20.1 Å². The van der Waals surface area contributed by atoms with Crippen LogP contribution < -0.4 is 5.73 Å². The molecule has 0 spiro atoms. The maximum absolute atomic E-state index is 12.4. The standard InChI is InChI=1S/C17H26N2O3.ClH/c1-21-11-2-12-22-16-7-9-19(10-8-16)17(20)15-5-3-14(13-18)4-6-15;/h3-6,16H,2,7-13,18H2,1H3;1H. The fourth-order valence-corrected chi connectivity index (χ4v) is 2.64. The van der Waals surface area contributed by atoms with E-state index in [0.29, 0.717) is 6.54 Å². The first-order valence-electron chi connectivity index (χ1n) is 7.93. The summed E-state index contributed by atoms with van der Waals surface area (Å²) in [7, 11) is 1.70.